The van der Waals surface area contributed by atoms with Crippen molar-refractivity contribution in [1.82, 2.24) is 9.55 Å². The Labute approximate surface area is 257 Å². The summed E-state index contributed by atoms with van der Waals surface area (Å²) in [4.78, 5) is 13.8. The number of alkyl halides is 3. The number of carboxylic acid groups (broad SMARTS) is 1. The maximum absolute atomic E-state index is 14.5. The number of hydrogen-bond acceptors (Lipinski definition) is 5. The average Bonchev–Trinajstić information content (AvgIpc) is 3.35. The fraction of sp³-hybridized carbons (Fsp3) is 0.267. The summed E-state index contributed by atoms with van der Waals surface area (Å²) in [5, 5.41) is 17.9. The minimum atomic E-state index is -5.08. The number of fused-ring (bicyclic) bond motifs is 1. The molecule has 5 rings (SSSR count). The van der Waals surface area contributed by atoms with Gasteiger partial charge in [0.05, 0.1) is 23.5 Å². The van der Waals surface area contributed by atoms with Gasteiger partial charge < -0.3 is 14.9 Å². The van der Waals surface area contributed by atoms with Crippen molar-refractivity contribution in [2.75, 3.05) is 7.11 Å². The molecule has 1 aromatic heterocycles. The van der Waals surface area contributed by atoms with Crippen LogP contribution in [0, 0.1) is 17.5 Å². The van der Waals surface area contributed by atoms with E-state index in [2.05, 4.69) is 6.92 Å². The van der Waals surface area contributed by atoms with Crippen molar-refractivity contribution in [3.63, 3.8) is 0 Å². The third-order valence-electron chi connectivity index (χ3n) is 7.16. The van der Waals surface area contributed by atoms with Crippen LogP contribution in [0.5, 0.6) is 11.5 Å². The Morgan fingerprint density at radius 3 is 2.39 bits per heavy atom. The van der Waals surface area contributed by atoms with Gasteiger partial charge in [0.1, 0.15) is 17.4 Å². The first-order valence-electron chi connectivity index (χ1n) is 13.0. The zero-order chi connectivity index (χ0) is 32.4. The lowest BCUT2D eigenvalue weighted by atomic mass is 9.71. The zero-order valence-corrected chi connectivity index (χ0v) is 24.8. The van der Waals surface area contributed by atoms with Crippen molar-refractivity contribution in [2.24, 2.45) is 0 Å². The number of thioether (sulfide) groups is 1. The summed E-state index contributed by atoms with van der Waals surface area (Å²) in [5.74, 6) is -5.00. The van der Waals surface area contributed by atoms with Crippen molar-refractivity contribution >= 4 is 29.3 Å². The van der Waals surface area contributed by atoms with E-state index in [0.29, 0.717) is 21.6 Å². The molecule has 0 aliphatic heterocycles. The highest BCUT2D eigenvalue weighted by molar-refractivity contribution is 7.98. The second kappa shape index (κ2) is 13.0. The third-order valence-corrected chi connectivity index (χ3v) is 8.44. The van der Waals surface area contributed by atoms with Gasteiger partial charge in [-0.15, -0.1) is 0 Å². The lowest BCUT2D eigenvalue weighted by molar-refractivity contribution is -0.192. The first kappa shape index (κ1) is 33.1. The number of aliphatic carboxylic acids is 1. The zero-order valence-electron chi connectivity index (χ0n) is 23.2. The minimum Gasteiger partial charge on any atom is -0.505 e. The fourth-order valence-corrected chi connectivity index (χ4v) is 6.21. The minimum absolute atomic E-state index is 0.0887. The fourth-order valence-electron chi connectivity index (χ4n) is 4.98. The molecule has 1 heterocycles. The molecule has 1 aliphatic carbocycles. The molecule has 1 unspecified atom stereocenters. The first-order chi connectivity index (χ1) is 20.7. The predicted octanol–water partition coefficient (Wildman–Crippen LogP) is 8.23. The van der Waals surface area contributed by atoms with Crippen LogP contribution in [-0.2, 0) is 22.4 Å². The Morgan fingerprint density at radius 2 is 1.77 bits per heavy atom. The highest BCUT2D eigenvalue weighted by Crippen LogP contribution is 2.47. The van der Waals surface area contributed by atoms with Gasteiger partial charge in [-0.3, -0.25) is 4.57 Å². The topological polar surface area (TPSA) is 84.6 Å². The van der Waals surface area contributed by atoms with Crippen LogP contribution in [0.2, 0.25) is 5.02 Å². The van der Waals surface area contributed by atoms with Crippen LogP contribution >= 0.6 is 23.4 Å². The summed E-state index contributed by atoms with van der Waals surface area (Å²) in [7, 11) is 1.57. The quantitative estimate of drug-likeness (QED) is 0.160. The van der Waals surface area contributed by atoms with Gasteiger partial charge in [-0.05, 0) is 80.3 Å². The van der Waals surface area contributed by atoms with Gasteiger partial charge in [0.2, 0.25) is 0 Å². The van der Waals surface area contributed by atoms with Crippen molar-refractivity contribution in [2.45, 2.75) is 48.7 Å². The molecule has 4 aromatic rings. The first-order valence-corrected chi connectivity index (χ1v) is 14.3. The molecule has 0 fully saturated rings. The average molecular weight is 659 g/mol. The summed E-state index contributed by atoms with van der Waals surface area (Å²) in [6, 6.07) is 13.8. The number of carboxylic acids is 1. The molecule has 3 aromatic carbocycles. The van der Waals surface area contributed by atoms with Crippen molar-refractivity contribution in [1.29, 1.82) is 0 Å². The molecule has 6 nitrogen and oxygen atoms in total. The third kappa shape index (κ3) is 6.78. The van der Waals surface area contributed by atoms with E-state index >= 15 is 0 Å². The van der Waals surface area contributed by atoms with Crippen LogP contribution < -0.4 is 4.74 Å². The van der Waals surface area contributed by atoms with Crippen LogP contribution in [0.25, 0.3) is 5.69 Å². The number of rotatable bonds is 6. The smallest absolute Gasteiger partial charge is 0.490 e. The summed E-state index contributed by atoms with van der Waals surface area (Å²) in [6.45, 7) is 2.12. The number of aryl methyl sites for hydroxylation is 1. The second-order valence-corrected chi connectivity index (χ2v) is 11.3. The number of nitrogens with zero attached hydrogens (tertiary/aromatic N) is 2. The molecule has 14 heteroatoms. The van der Waals surface area contributed by atoms with Gasteiger partial charge in [-0.2, -0.15) is 13.2 Å². The van der Waals surface area contributed by atoms with Crippen LogP contribution in [0.4, 0.5) is 26.3 Å². The Morgan fingerprint density at radius 1 is 1.11 bits per heavy atom. The molecule has 44 heavy (non-hydrogen) atoms. The molecular weight excluding hydrogens is 634 g/mol. The van der Waals surface area contributed by atoms with E-state index in [1.165, 1.54) is 12.1 Å². The number of carbonyl (C=O) groups is 1. The number of ether oxygens (including phenoxy) is 1. The number of hydrogen-bond donors (Lipinski definition) is 2. The predicted molar refractivity (Wildman–Crippen MR) is 152 cm³/mol. The second-order valence-electron chi connectivity index (χ2n) is 9.99. The summed E-state index contributed by atoms with van der Waals surface area (Å²) in [6.07, 6.45) is -2.65. The molecule has 2 N–H and O–H groups in total. The normalized spacial score (nSPS) is 16.1. The van der Waals surface area contributed by atoms with E-state index < -0.39 is 34.9 Å². The molecule has 1 aliphatic rings. The Kier molecular flexibility index (Phi) is 9.79. The van der Waals surface area contributed by atoms with Gasteiger partial charge in [-0.25, -0.2) is 22.9 Å². The maximum Gasteiger partial charge on any atom is 0.490 e. The molecule has 1 atom stereocenters. The van der Waals surface area contributed by atoms with Gasteiger partial charge in [0.25, 0.3) is 0 Å². The van der Waals surface area contributed by atoms with Crippen LogP contribution in [0.1, 0.15) is 42.3 Å². The molecule has 0 saturated heterocycles. The van der Waals surface area contributed by atoms with E-state index in [1.54, 1.807) is 25.3 Å². The molecule has 0 radical (unpaired) electrons. The number of methoxy groups -OCH3 is 1. The standard InChI is InChI=1S/C28H24ClF3N2O2S.C2HF3O2/c1-28(16-5-10-20(29)24(14-16)36-2)13-3-4-22-26(28)34(18-8-6-17(30)7-9-18)27(33-22)37-15-19-21(31)11-12-23(35)25(19)32;3-2(4,5)1(6)7/h5-12,14,35H,3-4,13,15H2,1-2H3;(H,6,7). The van der Waals surface area contributed by atoms with E-state index in [0.717, 1.165) is 60.1 Å². The van der Waals surface area contributed by atoms with E-state index in [9.17, 15) is 31.4 Å². The van der Waals surface area contributed by atoms with Crippen LogP contribution in [0.15, 0.2) is 59.8 Å². The Balaban J connectivity index is 0.000000566. The highest BCUT2D eigenvalue weighted by Gasteiger charge is 2.40. The number of halogens is 7. The monoisotopic (exact) mass is 658 g/mol. The van der Waals surface area contributed by atoms with Crippen molar-refractivity contribution < 1.29 is 46.1 Å². The Bertz CT molecular complexity index is 1680. The molecule has 0 spiro atoms. The number of aromatic nitrogens is 2. The van der Waals surface area contributed by atoms with Gasteiger partial charge >= 0.3 is 12.1 Å². The number of phenolic OH excluding ortho intramolecular Hbond substituents is 1. The number of imidazole rings is 1. The summed E-state index contributed by atoms with van der Waals surface area (Å²) >= 11 is 7.46. The van der Waals surface area contributed by atoms with Gasteiger partial charge in [0, 0.05) is 22.4 Å². The molecule has 0 bridgehead atoms. The van der Waals surface area contributed by atoms with Gasteiger partial charge in [-0.1, -0.05) is 29.4 Å². The van der Waals surface area contributed by atoms with Crippen molar-refractivity contribution in [3.8, 4) is 17.2 Å². The largest absolute Gasteiger partial charge is 0.505 e. The van der Waals surface area contributed by atoms with Crippen LogP contribution in [-0.4, -0.2) is 39.0 Å². The van der Waals surface area contributed by atoms with E-state index in [-0.39, 0.29) is 17.1 Å². The highest BCUT2D eigenvalue weighted by atomic mass is 35.5. The molecule has 0 saturated carbocycles. The lowest BCUT2D eigenvalue weighted by Gasteiger charge is -2.36. The van der Waals surface area contributed by atoms with Gasteiger partial charge in [0.15, 0.2) is 16.7 Å². The Hall–Kier alpha value is -3.84. The number of aromatic hydroxyl groups is 1. The van der Waals surface area contributed by atoms with Crippen molar-refractivity contribution in [3.05, 3.63) is 99.6 Å². The maximum atomic E-state index is 14.5. The SMILES string of the molecule is COc1cc(C2(C)CCCc3nc(SCc4c(F)ccc(O)c4F)n(-c4ccc(F)cc4)c32)ccc1Cl.O=C(O)C(F)(F)F. The van der Waals surface area contributed by atoms with Crippen LogP contribution in [0.3, 0.4) is 0 Å². The lowest BCUT2D eigenvalue weighted by Crippen LogP contribution is -2.31. The number of benzene rings is 3. The van der Waals surface area contributed by atoms with E-state index in [1.807, 2.05) is 16.7 Å². The summed E-state index contributed by atoms with van der Waals surface area (Å²) in [5.41, 5.74) is 2.73. The molecular formula is C30H25ClF6N2O4S. The molecule has 234 valence electrons. The molecule has 0 amide bonds. The van der Waals surface area contributed by atoms with E-state index in [4.69, 9.17) is 31.2 Å². The summed E-state index contributed by atoms with van der Waals surface area (Å²) < 4.78 is 81.9. The number of phenols is 1.